The van der Waals surface area contributed by atoms with Crippen LogP contribution in [-0.4, -0.2) is 36.0 Å². The molecule has 0 heterocycles. The monoisotopic (exact) mass is 384 g/mol. The molecular formula is C21H37ClN2O2. The van der Waals surface area contributed by atoms with Crippen molar-refractivity contribution in [2.45, 2.75) is 83.7 Å². The summed E-state index contributed by atoms with van der Waals surface area (Å²) in [6.07, 6.45) is 11.0. The molecule has 0 aliphatic heterocycles. The standard InChI is InChI=1S/C21H36N2O2.ClH/c1-20-11-9-15(22(3)4)13-14(20)5-6-16-17-7-8-19(23(24)25)21(17,2)12-10-18(16)20;/h14-19H,5-13H2,1-4H3;1H/t14?,15?,16-,17-,18+,19?,20-,21-;/m0./s1. The second kappa shape index (κ2) is 6.92. The molecule has 150 valence electrons. The summed E-state index contributed by atoms with van der Waals surface area (Å²) in [4.78, 5) is 14.1. The van der Waals surface area contributed by atoms with Gasteiger partial charge in [0.15, 0.2) is 0 Å². The largest absolute Gasteiger partial charge is 0.306 e. The van der Waals surface area contributed by atoms with Crippen LogP contribution in [0.1, 0.15) is 71.6 Å². The molecule has 0 spiro atoms. The van der Waals surface area contributed by atoms with Crippen LogP contribution in [0.25, 0.3) is 0 Å². The normalized spacial score (nSPS) is 50.3. The molecule has 0 amide bonds. The first-order valence-corrected chi connectivity index (χ1v) is 10.6. The average Bonchev–Trinajstić information content (AvgIpc) is 2.91. The summed E-state index contributed by atoms with van der Waals surface area (Å²) < 4.78 is 0. The summed E-state index contributed by atoms with van der Waals surface area (Å²) >= 11 is 0. The van der Waals surface area contributed by atoms with Crippen molar-refractivity contribution in [2.24, 2.45) is 34.5 Å². The zero-order valence-corrected chi connectivity index (χ0v) is 17.8. The molecule has 0 radical (unpaired) electrons. The fourth-order valence-electron chi connectivity index (χ4n) is 8.02. The van der Waals surface area contributed by atoms with Crippen molar-refractivity contribution in [3.63, 3.8) is 0 Å². The van der Waals surface area contributed by atoms with Gasteiger partial charge in [-0.05, 0) is 94.5 Å². The molecule has 3 unspecified atom stereocenters. The van der Waals surface area contributed by atoms with Crippen LogP contribution in [0.3, 0.4) is 0 Å². The van der Waals surface area contributed by atoms with Gasteiger partial charge in [0.1, 0.15) is 0 Å². The van der Waals surface area contributed by atoms with Crippen LogP contribution in [0.2, 0.25) is 0 Å². The fourth-order valence-corrected chi connectivity index (χ4v) is 8.02. The van der Waals surface area contributed by atoms with Crippen molar-refractivity contribution in [3.8, 4) is 0 Å². The highest BCUT2D eigenvalue weighted by atomic mass is 35.5. The molecule has 0 N–H and O–H groups in total. The Bertz CT molecular complexity index is 556. The van der Waals surface area contributed by atoms with E-state index in [0.29, 0.717) is 11.3 Å². The average molecular weight is 385 g/mol. The summed E-state index contributed by atoms with van der Waals surface area (Å²) in [5, 5.41) is 11.6. The summed E-state index contributed by atoms with van der Waals surface area (Å²) in [7, 11) is 4.47. The second-order valence-corrected chi connectivity index (χ2v) is 10.5. The molecule has 8 atom stereocenters. The minimum atomic E-state index is -0.284. The SMILES string of the molecule is CN(C)C1CC[C@@]2(C)C(CC[C@@H]3[C@H]2CC[C@]2(C)C([N+](=O)[O-])CC[C@@H]32)C1.Cl. The van der Waals surface area contributed by atoms with Crippen LogP contribution >= 0.6 is 12.4 Å². The molecule has 4 rings (SSSR count). The van der Waals surface area contributed by atoms with E-state index in [1.807, 2.05) is 0 Å². The van der Waals surface area contributed by atoms with Gasteiger partial charge in [-0.15, -0.1) is 12.4 Å². The molecule has 4 aliphatic rings. The summed E-state index contributed by atoms with van der Waals surface area (Å²) in [5.74, 6) is 3.04. The number of hydrogen-bond donors (Lipinski definition) is 0. The van der Waals surface area contributed by atoms with Crippen LogP contribution < -0.4 is 0 Å². The number of nitro groups is 1. The van der Waals surface area contributed by atoms with Crippen LogP contribution in [0.5, 0.6) is 0 Å². The van der Waals surface area contributed by atoms with Crippen molar-refractivity contribution in [2.75, 3.05) is 14.1 Å². The van der Waals surface area contributed by atoms with Crippen molar-refractivity contribution in [3.05, 3.63) is 10.1 Å². The van der Waals surface area contributed by atoms with Crippen molar-refractivity contribution >= 4 is 12.4 Å². The molecule has 0 aromatic carbocycles. The van der Waals surface area contributed by atoms with Gasteiger partial charge in [0, 0.05) is 22.8 Å². The number of rotatable bonds is 2. The highest BCUT2D eigenvalue weighted by Crippen LogP contribution is 2.66. The fraction of sp³-hybridized carbons (Fsp3) is 1.00. The quantitative estimate of drug-likeness (QED) is 0.495. The van der Waals surface area contributed by atoms with Crippen LogP contribution in [-0.2, 0) is 0 Å². The molecule has 26 heavy (non-hydrogen) atoms. The van der Waals surface area contributed by atoms with Crippen LogP contribution in [0.4, 0.5) is 0 Å². The molecule has 0 aromatic rings. The predicted molar refractivity (Wildman–Crippen MR) is 107 cm³/mol. The highest BCUT2D eigenvalue weighted by molar-refractivity contribution is 5.85. The maximum absolute atomic E-state index is 11.6. The van der Waals surface area contributed by atoms with E-state index in [1.54, 1.807) is 0 Å². The molecule has 4 fully saturated rings. The predicted octanol–water partition coefficient (Wildman–Crippen LogP) is 5.03. The van der Waals surface area contributed by atoms with E-state index in [4.69, 9.17) is 0 Å². The third kappa shape index (κ3) is 2.82. The molecular weight excluding hydrogens is 348 g/mol. The Morgan fingerprint density at radius 2 is 1.58 bits per heavy atom. The number of fused-ring (bicyclic) bond motifs is 5. The van der Waals surface area contributed by atoms with Crippen molar-refractivity contribution in [1.29, 1.82) is 0 Å². The van der Waals surface area contributed by atoms with E-state index in [2.05, 4.69) is 32.8 Å². The lowest BCUT2D eigenvalue weighted by atomic mass is 9.45. The van der Waals surface area contributed by atoms with E-state index in [9.17, 15) is 10.1 Å². The Morgan fingerprint density at radius 1 is 0.923 bits per heavy atom. The van der Waals surface area contributed by atoms with Gasteiger partial charge in [-0.2, -0.15) is 0 Å². The van der Waals surface area contributed by atoms with Gasteiger partial charge >= 0.3 is 0 Å². The molecule has 4 saturated carbocycles. The van der Waals surface area contributed by atoms with Gasteiger partial charge in [-0.25, -0.2) is 0 Å². The number of nitrogens with zero attached hydrogens (tertiary/aromatic N) is 2. The van der Waals surface area contributed by atoms with Gasteiger partial charge in [0.05, 0.1) is 0 Å². The summed E-state index contributed by atoms with van der Waals surface area (Å²) in [6.45, 7) is 4.84. The van der Waals surface area contributed by atoms with E-state index < -0.39 is 0 Å². The minimum absolute atomic E-state index is 0. The van der Waals surface area contributed by atoms with E-state index >= 15 is 0 Å². The Hall–Kier alpha value is -0.350. The van der Waals surface area contributed by atoms with Gasteiger partial charge in [-0.3, -0.25) is 10.1 Å². The molecule has 4 aliphatic carbocycles. The van der Waals surface area contributed by atoms with Gasteiger partial charge in [-0.1, -0.05) is 13.8 Å². The van der Waals surface area contributed by atoms with E-state index in [0.717, 1.165) is 43.1 Å². The summed E-state index contributed by atoms with van der Waals surface area (Å²) in [5.41, 5.74) is 0.457. The van der Waals surface area contributed by atoms with E-state index in [1.165, 1.54) is 38.5 Å². The maximum atomic E-state index is 11.6. The topological polar surface area (TPSA) is 46.4 Å². The lowest BCUT2D eigenvalue weighted by Gasteiger charge is -2.60. The second-order valence-electron chi connectivity index (χ2n) is 10.5. The molecule has 0 bridgehead atoms. The first kappa shape index (κ1) is 20.4. The number of halogens is 1. The lowest BCUT2D eigenvalue weighted by molar-refractivity contribution is -0.540. The smallest absolute Gasteiger partial charge is 0.218 e. The number of hydrogen-bond acceptors (Lipinski definition) is 3. The van der Waals surface area contributed by atoms with Crippen LogP contribution in [0.15, 0.2) is 0 Å². The third-order valence-corrected chi connectivity index (χ3v) is 9.57. The van der Waals surface area contributed by atoms with Crippen LogP contribution in [0, 0.1) is 44.6 Å². The molecule has 5 heteroatoms. The van der Waals surface area contributed by atoms with Gasteiger partial charge < -0.3 is 4.90 Å². The Balaban J connectivity index is 0.00000196. The Morgan fingerprint density at radius 3 is 2.23 bits per heavy atom. The molecule has 0 aromatic heterocycles. The summed E-state index contributed by atoms with van der Waals surface area (Å²) in [6, 6.07) is 0.474. The van der Waals surface area contributed by atoms with Gasteiger partial charge in [0.25, 0.3) is 0 Å². The first-order valence-electron chi connectivity index (χ1n) is 10.6. The minimum Gasteiger partial charge on any atom is -0.306 e. The van der Waals surface area contributed by atoms with E-state index in [-0.39, 0.29) is 28.8 Å². The Labute approximate surface area is 165 Å². The third-order valence-electron chi connectivity index (χ3n) is 9.57. The van der Waals surface area contributed by atoms with Crippen molar-refractivity contribution in [1.82, 2.24) is 4.90 Å². The zero-order valence-electron chi connectivity index (χ0n) is 16.9. The molecule has 0 saturated heterocycles. The highest BCUT2D eigenvalue weighted by Gasteiger charge is 2.63. The molecule has 4 nitrogen and oxygen atoms in total. The maximum Gasteiger partial charge on any atom is 0.218 e. The van der Waals surface area contributed by atoms with Crippen molar-refractivity contribution < 1.29 is 4.92 Å². The van der Waals surface area contributed by atoms with Gasteiger partial charge in [0.2, 0.25) is 6.04 Å². The zero-order chi connectivity index (χ0) is 18.0. The lowest BCUT2D eigenvalue weighted by Crippen LogP contribution is -2.55. The first-order chi connectivity index (χ1) is 11.8. The Kier molecular flexibility index (Phi) is 5.42.